The smallest absolute Gasteiger partial charge is 0.396 e. The van der Waals surface area contributed by atoms with Gasteiger partial charge < -0.3 is 33.4 Å². The molecule has 9 heteroatoms. The normalized spacial score (nSPS) is 14.7. The van der Waals surface area contributed by atoms with Crippen LogP contribution in [0.2, 0.25) is 0 Å². The molecule has 0 fully saturated rings. The summed E-state index contributed by atoms with van der Waals surface area (Å²) in [7, 11) is -3.50. The average molecular weight is 536 g/mol. The maximum Gasteiger partial charge on any atom is 0.677 e. The van der Waals surface area contributed by atoms with Crippen molar-refractivity contribution in [1.29, 1.82) is 0 Å². The summed E-state index contributed by atoms with van der Waals surface area (Å²) in [6.07, 6.45) is 4.93. The summed E-state index contributed by atoms with van der Waals surface area (Å²) in [4.78, 5) is 10.4. The van der Waals surface area contributed by atoms with E-state index < -0.39 is 9.05 Å². The zero-order chi connectivity index (χ0) is 23.7. The van der Waals surface area contributed by atoms with Crippen LogP contribution in [0.15, 0.2) is 0 Å². The summed E-state index contributed by atoms with van der Waals surface area (Å²) in [5.41, 5.74) is 0. The van der Waals surface area contributed by atoms with Gasteiger partial charge in [0.25, 0.3) is 0 Å². The average Bonchev–Trinajstić information content (AvgIpc) is 2.73. The third kappa shape index (κ3) is 36.2. The van der Waals surface area contributed by atoms with Crippen molar-refractivity contribution in [3.63, 3.8) is 0 Å². The summed E-state index contributed by atoms with van der Waals surface area (Å²) in [5, 5.41) is 23.6. The molecular formula is C21H52O7SiZr. The molecule has 0 aliphatic carbocycles. The van der Waals surface area contributed by atoms with Gasteiger partial charge in [-0.15, -0.1) is 0 Å². The Kier molecular flexibility index (Phi) is 43.9. The molecule has 0 aromatic rings. The quantitative estimate of drug-likeness (QED) is 0.279. The summed E-state index contributed by atoms with van der Waals surface area (Å²) in [6, 6.07) is 0. The van der Waals surface area contributed by atoms with Crippen LogP contribution in [0, 0.1) is 0 Å². The monoisotopic (exact) mass is 534 g/mol. The van der Waals surface area contributed by atoms with Gasteiger partial charge in [-0.2, -0.15) is 0 Å². The molecule has 0 aromatic carbocycles. The summed E-state index contributed by atoms with van der Waals surface area (Å²) < 4.78 is 16.7. The van der Waals surface area contributed by atoms with Crippen molar-refractivity contribution in [3.8, 4) is 0 Å². The predicted octanol–water partition coefficient (Wildman–Crippen LogP) is 4.02. The Morgan fingerprint density at radius 3 is 0.833 bits per heavy atom. The number of hydrogen-bond donors (Lipinski definition) is 4. The van der Waals surface area contributed by atoms with E-state index in [1.54, 1.807) is 0 Å². The molecule has 0 heterocycles. The molecule has 7 nitrogen and oxygen atoms in total. The van der Waals surface area contributed by atoms with Crippen molar-refractivity contribution in [2.45, 2.75) is 119 Å². The molecule has 0 saturated carbocycles. The van der Waals surface area contributed by atoms with E-state index in [1.165, 1.54) is 0 Å². The van der Waals surface area contributed by atoms with Crippen LogP contribution in [0.4, 0.5) is 0 Å². The van der Waals surface area contributed by atoms with Gasteiger partial charge in [-0.3, -0.25) is 0 Å². The van der Waals surface area contributed by atoms with E-state index in [4.69, 9.17) is 28.6 Å². The number of rotatable bonds is 12. The zero-order valence-corrected chi connectivity index (χ0v) is 24.6. The van der Waals surface area contributed by atoms with Gasteiger partial charge in [0, 0.05) is 64.3 Å². The van der Waals surface area contributed by atoms with Crippen molar-refractivity contribution in [2.75, 3.05) is 19.8 Å². The summed E-state index contributed by atoms with van der Waals surface area (Å²) in [6.45, 7) is 18.5. The van der Waals surface area contributed by atoms with Gasteiger partial charge in [-0.05, 0) is 59.3 Å². The molecule has 0 aliphatic heterocycles. The molecular weight excluding hydrogens is 484 g/mol. The molecule has 0 radical (unpaired) electrons. The van der Waals surface area contributed by atoms with E-state index in [2.05, 4.69) is 0 Å². The third-order valence-corrected chi connectivity index (χ3v) is 5.55. The Hall–Kier alpha value is 0.820. The van der Waals surface area contributed by atoms with Gasteiger partial charge in [0.05, 0.1) is 0 Å². The number of aliphatic hydroxyl groups excluding tert-OH is 3. The first kappa shape index (κ1) is 41.1. The van der Waals surface area contributed by atoms with E-state index in [-0.39, 0.29) is 44.5 Å². The first-order chi connectivity index (χ1) is 13.6. The maximum atomic E-state index is 10.4. The van der Waals surface area contributed by atoms with Gasteiger partial charge in [-0.1, -0.05) is 41.5 Å². The van der Waals surface area contributed by atoms with Gasteiger partial charge >= 0.3 is 9.05 Å². The fraction of sp³-hybridized carbons (Fsp3) is 1.00. The molecule has 0 spiro atoms. The van der Waals surface area contributed by atoms with E-state index in [0.717, 1.165) is 38.5 Å². The molecule has 0 saturated heterocycles. The molecule has 3 unspecified atom stereocenters. The molecule has 0 rings (SSSR count). The molecule has 30 heavy (non-hydrogen) atoms. The largest absolute Gasteiger partial charge is 0.677 e. The number of hydrogen-bond acceptors (Lipinski definition) is 7. The van der Waals surface area contributed by atoms with Crippen molar-refractivity contribution in [1.82, 2.24) is 0 Å². The van der Waals surface area contributed by atoms with Crippen LogP contribution in [0.5, 0.6) is 0 Å². The second-order valence-electron chi connectivity index (χ2n) is 6.70. The molecule has 0 aliphatic rings. The van der Waals surface area contributed by atoms with Crippen LogP contribution in [0.3, 0.4) is 0 Å². The van der Waals surface area contributed by atoms with E-state index >= 15 is 0 Å². The molecule has 186 valence electrons. The third-order valence-electron chi connectivity index (χ3n) is 3.45. The molecule has 0 bridgehead atoms. The second-order valence-corrected chi connectivity index (χ2v) is 8.46. The fourth-order valence-corrected chi connectivity index (χ4v) is 3.29. The van der Waals surface area contributed by atoms with Gasteiger partial charge in [0.1, 0.15) is 0 Å². The Morgan fingerprint density at radius 1 is 0.567 bits per heavy atom. The van der Waals surface area contributed by atoms with E-state index in [0.29, 0.717) is 19.8 Å². The Morgan fingerprint density at radius 2 is 0.733 bits per heavy atom. The Labute approximate surface area is 207 Å². The van der Waals surface area contributed by atoms with Crippen LogP contribution in [-0.2, 0) is 39.5 Å². The standard InChI is InChI=1S/C12H28O4Si.3C3H8O.Zr/c1-7-10(4)14-17(13,15-11(5)8-2)16-12(6)9-3;3*1-2-3-4;/h10-13H,7-9H2,1-6H3;3*4H,2-3H2,1H3;. The van der Waals surface area contributed by atoms with Gasteiger partial charge in [0.15, 0.2) is 0 Å². The summed E-state index contributed by atoms with van der Waals surface area (Å²) >= 11 is 0. The van der Waals surface area contributed by atoms with Crippen molar-refractivity contribution in [2.24, 2.45) is 0 Å². The summed E-state index contributed by atoms with van der Waals surface area (Å²) in [5.74, 6) is 0. The molecule has 0 aromatic heterocycles. The molecule has 4 N–H and O–H groups in total. The topological polar surface area (TPSA) is 109 Å². The van der Waals surface area contributed by atoms with Crippen LogP contribution in [-0.4, -0.2) is 67.3 Å². The molecule has 3 atom stereocenters. The van der Waals surface area contributed by atoms with Crippen LogP contribution in [0.25, 0.3) is 0 Å². The van der Waals surface area contributed by atoms with Crippen molar-refractivity contribution in [3.05, 3.63) is 0 Å². The number of aliphatic hydroxyl groups is 3. The minimum Gasteiger partial charge on any atom is -0.396 e. The SMILES string of the molecule is CCC(C)O[Si](O)(OC(C)CC)OC(C)CC.CCCO.CCCO.CCCO.[Zr]. The van der Waals surface area contributed by atoms with Crippen LogP contribution in [0.1, 0.15) is 101 Å². The minimum absolute atomic E-state index is 0. The first-order valence-corrected chi connectivity index (χ1v) is 12.9. The van der Waals surface area contributed by atoms with Gasteiger partial charge in [0.2, 0.25) is 0 Å². The van der Waals surface area contributed by atoms with Crippen molar-refractivity contribution < 1.29 is 59.6 Å². The van der Waals surface area contributed by atoms with Crippen molar-refractivity contribution >= 4 is 9.05 Å². The minimum atomic E-state index is -3.50. The van der Waals surface area contributed by atoms with E-state index in [9.17, 15) is 4.80 Å². The van der Waals surface area contributed by atoms with Crippen LogP contribution >= 0.6 is 0 Å². The molecule has 0 amide bonds. The predicted molar refractivity (Wildman–Crippen MR) is 123 cm³/mol. The Balaban J connectivity index is -0.000000131. The van der Waals surface area contributed by atoms with Gasteiger partial charge in [-0.25, -0.2) is 0 Å². The zero-order valence-electron chi connectivity index (χ0n) is 21.1. The second kappa shape index (κ2) is 32.0. The van der Waals surface area contributed by atoms with E-state index in [1.807, 2.05) is 62.3 Å². The maximum absolute atomic E-state index is 10.4. The Bertz CT molecular complexity index is 243. The van der Waals surface area contributed by atoms with Crippen LogP contribution < -0.4 is 0 Å². The fourth-order valence-electron chi connectivity index (χ4n) is 1.10. The first-order valence-electron chi connectivity index (χ1n) is 11.2.